The number of aliphatic imine (C=N–C) groups is 1. The molecule has 0 aliphatic carbocycles. The Bertz CT molecular complexity index is 1250. The number of esters is 2. The summed E-state index contributed by atoms with van der Waals surface area (Å²) in [6.07, 6.45) is 1.87. The maximum absolute atomic E-state index is 13.5. The molecule has 2 heterocycles. The summed E-state index contributed by atoms with van der Waals surface area (Å²) >= 11 is 0. The van der Waals surface area contributed by atoms with Gasteiger partial charge in [0.05, 0.1) is 23.8 Å². The molecule has 4 rings (SSSR count). The zero-order valence-corrected chi connectivity index (χ0v) is 22.5. The molecular formula is C29H34N4O6. The van der Waals surface area contributed by atoms with Crippen molar-refractivity contribution in [1.29, 1.82) is 0 Å². The fourth-order valence-corrected chi connectivity index (χ4v) is 5.30. The molecule has 2 aromatic rings. The van der Waals surface area contributed by atoms with Gasteiger partial charge in [0, 0.05) is 61.8 Å². The van der Waals surface area contributed by atoms with Crippen LogP contribution in [0.5, 0.6) is 0 Å². The molecule has 0 spiro atoms. The van der Waals surface area contributed by atoms with Crippen LogP contribution in [0.1, 0.15) is 32.3 Å². The van der Waals surface area contributed by atoms with E-state index in [1.165, 1.54) is 12.1 Å². The SMILES string of the molecule is CCOC(=O)C1C(C)=N/C(=C\N2CCN(c3ccccc3)CC2)C(C(=O)OCC)C1c1cccc([N+](=O)[O-])c1. The lowest BCUT2D eigenvalue weighted by molar-refractivity contribution is -0.384. The maximum Gasteiger partial charge on any atom is 0.315 e. The average molecular weight is 535 g/mol. The van der Waals surface area contributed by atoms with Crippen LogP contribution in [0.15, 0.2) is 71.5 Å². The van der Waals surface area contributed by atoms with E-state index >= 15 is 0 Å². The van der Waals surface area contributed by atoms with E-state index in [9.17, 15) is 19.7 Å². The van der Waals surface area contributed by atoms with Crippen LogP contribution >= 0.6 is 0 Å². The number of nitro benzene ring substituents is 1. The Balaban J connectivity index is 1.74. The van der Waals surface area contributed by atoms with E-state index in [0.29, 0.717) is 30.1 Å². The van der Waals surface area contributed by atoms with Crippen molar-refractivity contribution in [2.75, 3.05) is 44.3 Å². The smallest absolute Gasteiger partial charge is 0.315 e. The van der Waals surface area contributed by atoms with Crippen molar-refractivity contribution < 1.29 is 24.0 Å². The molecule has 2 aromatic carbocycles. The summed E-state index contributed by atoms with van der Waals surface area (Å²) in [5.74, 6) is -3.68. The number of carbonyl (C=O) groups is 2. The van der Waals surface area contributed by atoms with Gasteiger partial charge in [0.2, 0.25) is 0 Å². The van der Waals surface area contributed by atoms with E-state index < -0.39 is 34.6 Å². The molecule has 10 nitrogen and oxygen atoms in total. The van der Waals surface area contributed by atoms with Gasteiger partial charge in [-0.1, -0.05) is 30.3 Å². The first-order valence-corrected chi connectivity index (χ1v) is 13.2. The van der Waals surface area contributed by atoms with E-state index in [2.05, 4.69) is 21.9 Å². The third kappa shape index (κ3) is 6.27. The summed E-state index contributed by atoms with van der Waals surface area (Å²) in [6.45, 7) is 8.46. The number of hydrogen-bond donors (Lipinski definition) is 0. The topological polar surface area (TPSA) is 115 Å². The second-order valence-corrected chi connectivity index (χ2v) is 9.50. The number of hydrogen-bond acceptors (Lipinski definition) is 9. The second kappa shape index (κ2) is 12.6. The minimum Gasteiger partial charge on any atom is -0.465 e. The highest BCUT2D eigenvalue weighted by Gasteiger charge is 2.47. The number of piperazine rings is 1. The quantitative estimate of drug-likeness (QED) is 0.282. The Morgan fingerprint density at radius 1 is 0.974 bits per heavy atom. The summed E-state index contributed by atoms with van der Waals surface area (Å²) in [6, 6.07) is 16.2. The molecule has 3 atom stereocenters. The normalized spacial score (nSPS) is 22.3. The van der Waals surface area contributed by atoms with Gasteiger partial charge in [0.15, 0.2) is 0 Å². The molecule has 1 fully saturated rings. The van der Waals surface area contributed by atoms with Gasteiger partial charge in [-0.3, -0.25) is 24.7 Å². The van der Waals surface area contributed by atoms with Crippen LogP contribution in [0.25, 0.3) is 0 Å². The molecule has 0 saturated carbocycles. The fourth-order valence-electron chi connectivity index (χ4n) is 5.30. The number of rotatable bonds is 8. The molecule has 0 N–H and O–H groups in total. The number of ether oxygens (including phenoxy) is 2. The lowest BCUT2D eigenvalue weighted by Crippen LogP contribution is -2.45. The first-order valence-electron chi connectivity index (χ1n) is 13.2. The molecule has 206 valence electrons. The fraction of sp³-hybridized carbons (Fsp3) is 0.414. The van der Waals surface area contributed by atoms with E-state index in [-0.39, 0.29) is 18.9 Å². The molecule has 10 heteroatoms. The average Bonchev–Trinajstić information content (AvgIpc) is 2.94. The van der Waals surface area contributed by atoms with Crippen LogP contribution in [0, 0.1) is 22.0 Å². The Morgan fingerprint density at radius 2 is 1.62 bits per heavy atom. The van der Waals surface area contributed by atoms with E-state index in [4.69, 9.17) is 14.5 Å². The molecule has 0 radical (unpaired) electrons. The van der Waals surface area contributed by atoms with Gasteiger partial charge < -0.3 is 19.3 Å². The van der Waals surface area contributed by atoms with Gasteiger partial charge in [0.25, 0.3) is 5.69 Å². The summed E-state index contributed by atoms with van der Waals surface area (Å²) in [4.78, 5) is 46.9. The number of anilines is 1. The highest BCUT2D eigenvalue weighted by Crippen LogP contribution is 2.44. The maximum atomic E-state index is 13.5. The molecule has 2 aliphatic rings. The van der Waals surface area contributed by atoms with Gasteiger partial charge in [-0.15, -0.1) is 0 Å². The highest BCUT2D eigenvalue weighted by molar-refractivity contribution is 6.04. The van der Waals surface area contributed by atoms with Crippen LogP contribution < -0.4 is 4.90 Å². The first kappa shape index (κ1) is 27.8. The van der Waals surface area contributed by atoms with Crippen molar-refractivity contribution in [2.24, 2.45) is 16.8 Å². The zero-order valence-electron chi connectivity index (χ0n) is 22.5. The van der Waals surface area contributed by atoms with Crippen molar-refractivity contribution >= 4 is 29.0 Å². The van der Waals surface area contributed by atoms with Crippen LogP contribution in [-0.4, -0.2) is 66.9 Å². The Kier molecular flexibility index (Phi) is 8.96. The predicted molar refractivity (Wildman–Crippen MR) is 148 cm³/mol. The number of nitrogens with zero attached hydrogens (tertiary/aromatic N) is 4. The number of nitro groups is 1. The van der Waals surface area contributed by atoms with Crippen LogP contribution in [0.4, 0.5) is 11.4 Å². The Hall–Kier alpha value is -4.21. The van der Waals surface area contributed by atoms with Gasteiger partial charge in [-0.2, -0.15) is 0 Å². The zero-order chi connectivity index (χ0) is 27.9. The summed E-state index contributed by atoms with van der Waals surface area (Å²) in [5.41, 5.74) is 2.47. The summed E-state index contributed by atoms with van der Waals surface area (Å²) < 4.78 is 10.8. The Morgan fingerprint density at radius 3 is 2.23 bits per heavy atom. The number of benzene rings is 2. The number of carbonyl (C=O) groups excluding carboxylic acids is 2. The third-order valence-electron chi connectivity index (χ3n) is 7.09. The first-order chi connectivity index (χ1) is 18.8. The van der Waals surface area contributed by atoms with Gasteiger partial charge in [-0.05, 0) is 38.5 Å². The van der Waals surface area contributed by atoms with Crippen molar-refractivity contribution in [2.45, 2.75) is 26.7 Å². The number of non-ortho nitro benzene ring substituents is 1. The molecule has 39 heavy (non-hydrogen) atoms. The Labute approximate surface area is 228 Å². The van der Waals surface area contributed by atoms with Crippen molar-refractivity contribution in [1.82, 2.24) is 4.90 Å². The van der Waals surface area contributed by atoms with E-state index in [0.717, 1.165) is 18.8 Å². The molecule has 0 aromatic heterocycles. The van der Waals surface area contributed by atoms with Crippen molar-refractivity contribution in [3.63, 3.8) is 0 Å². The summed E-state index contributed by atoms with van der Waals surface area (Å²) in [7, 11) is 0. The van der Waals surface area contributed by atoms with Crippen LogP contribution in [0.2, 0.25) is 0 Å². The van der Waals surface area contributed by atoms with Gasteiger partial charge in [-0.25, -0.2) is 0 Å². The van der Waals surface area contributed by atoms with Crippen LogP contribution in [0.3, 0.4) is 0 Å². The van der Waals surface area contributed by atoms with Gasteiger partial charge in [0.1, 0.15) is 11.8 Å². The second-order valence-electron chi connectivity index (χ2n) is 9.50. The standard InChI is InChI=1S/C29H34N4O6/c1-4-38-28(34)25-20(3)30-24(19-31-14-16-32(17-15-31)22-11-7-6-8-12-22)27(29(35)39-5-2)26(25)21-10-9-13-23(18-21)33(36)37/h6-13,18-19,25-27H,4-5,14-17H2,1-3H3/b24-19-. The van der Waals surface area contributed by atoms with Gasteiger partial charge >= 0.3 is 11.9 Å². The summed E-state index contributed by atoms with van der Waals surface area (Å²) in [5, 5.41) is 11.6. The highest BCUT2D eigenvalue weighted by atomic mass is 16.6. The minimum atomic E-state index is -0.947. The predicted octanol–water partition coefficient (Wildman–Crippen LogP) is 4.18. The molecule has 2 aliphatic heterocycles. The number of para-hydroxylation sites is 1. The molecule has 3 unspecified atom stereocenters. The minimum absolute atomic E-state index is 0.125. The van der Waals surface area contributed by atoms with E-state index in [1.54, 1.807) is 32.9 Å². The van der Waals surface area contributed by atoms with Crippen LogP contribution in [-0.2, 0) is 19.1 Å². The molecule has 0 bridgehead atoms. The monoisotopic (exact) mass is 534 g/mol. The third-order valence-corrected chi connectivity index (χ3v) is 7.09. The largest absolute Gasteiger partial charge is 0.465 e. The molecule has 0 amide bonds. The lowest BCUT2D eigenvalue weighted by atomic mass is 9.71. The van der Waals surface area contributed by atoms with E-state index in [1.807, 2.05) is 24.4 Å². The van der Waals surface area contributed by atoms with Crippen molar-refractivity contribution in [3.8, 4) is 0 Å². The lowest BCUT2D eigenvalue weighted by Gasteiger charge is -2.38. The molecule has 1 saturated heterocycles. The van der Waals surface area contributed by atoms with Crippen molar-refractivity contribution in [3.05, 3.63) is 82.2 Å². The molecular weight excluding hydrogens is 500 g/mol.